The number of rotatable bonds is 4. The number of thioether (sulfide) groups is 1. The van der Waals surface area contributed by atoms with Gasteiger partial charge in [0.2, 0.25) is 0 Å². The fourth-order valence-corrected chi connectivity index (χ4v) is 5.50. The van der Waals surface area contributed by atoms with Crippen molar-refractivity contribution >= 4 is 38.5 Å². The van der Waals surface area contributed by atoms with E-state index in [1.807, 2.05) is 0 Å². The molecule has 0 unspecified atom stereocenters. The molecule has 1 aliphatic heterocycles. The summed E-state index contributed by atoms with van der Waals surface area (Å²) in [6.07, 6.45) is 3.02. The molecule has 0 fully saturated rings. The summed E-state index contributed by atoms with van der Waals surface area (Å²) in [6.45, 7) is 0. The molecule has 0 aliphatic carbocycles. The molecule has 11 heteroatoms. The highest BCUT2D eigenvalue weighted by Gasteiger charge is 2.29. The highest BCUT2D eigenvalue weighted by molar-refractivity contribution is 7.99. The van der Waals surface area contributed by atoms with Crippen LogP contribution in [-0.4, -0.2) is 44.4 Å². The summed E-state index contributed by atoms with van der Waals surface area (Å²) in [6, 6.07) is 4.62. The third-order valence-electron chi connectivity index (χ3n) is 3.96. The van der Waals surface area contributed by atoms with E-state index in [4.69, 9.17) is 0 Å². The molecule has 2 aromatic heterocycles. The lowest BCUT2D eigenvalue weighted by Crippen LogP contribution is -2.24. The highest BCUT2D eigenvalue weighted by Crippen LogP contribution is 2.35. The van der Waals surface area contributed by atoms with Crippen LogP contribution >= 0.6 is 11.8 Å². The van der Waals surface area contributed by atoms with Crippen LogP contribution in [0.15, 0.2) is 46.8 Å². The van der Waals surface area contributed by atoms with Crippen LogP contribution in [0.4, 0.5) is 5.69 Å². The van der Waals surface area contributed by atoms with Gasteiger partial charge in [-0.15, -0.1) is 11.8 Å². The number of hydrogen-bond acceptors (Lipinski definition) is 8. The number of sulfone groups is 1. The van der Waals surface area contributed by atoms with Crippen molar-refractivity contribution in [2.24, 2.45) is 0 Å². The minimum atomic E-state index is -3.60. The van der Waals surface area contributed by atoms with E-state index in [1.54, 1.807) is 10.9 Å². The van der Waals surface area contributed by atoms with Gasteiger partial charge < -0.3 is 4.57 Å². The first-order valence-electron chi connectivity index (χ1n) is 7.23. The second-order valence-electron chi connectivity index (χ2n) is 5.50. The standard InChI is InChI=1S/C14H11N5O4S2/c20-19(21)9-1-3-11(4-2-9)25(22,23)6-10-5-24-14-12-13(15-7-16-14)17-8-18(10)12/h1-4,7-8,10H,5-6H2/t10-/m1/s1. The van der Waals surface area contributed by atoms with E-state index in [9.17, 15) is 18.5 Å². The van der Waals surface area contributed by atoms with Crippen LogP contribution in [0, 0.1) is 10.1 Å². The van der Waals surface area contributed by atoms with Gasteiger partial charge in [-0.1, -0.05) is 0 Å². The lowest BCUT2D eigenvalue weighted by atomic mass is 10.3. The van der Waals surface area contributed by atoms with E-state index >= 15 is 0 Å². The summed E-state index contributed by atoms with van der Waals surface area (Å²) in [5.41, 5.74) is 1.13. The Morgan fingerprint density at radius 3 is 2.72 bits per heavy atom. The van der Waals surface area contributed by atoms with Crippen LogP contribution in [0.5, 0.6) is 0 Å². The van der Waals surface area contributed by atoms with Crippen molar-refractivity contribution in [3.63, 3.8) is 0 Å². The molecule has 0 bridgehead atoms. The topological polar surface area (TPSA) is 121 Å². The van der Waals surface area contributed by atoms with Crippen molar-refractivity contribution in [3.8, 4) is 0 Å². The quantitative estimate of drug-likeness (QED) is 0.384. The lowest BCUT2D eigenvalue weighted by molar-refractivity contribution is -0.384. The van der Waals surface area contributed by atoms with Gasteiger partial charge in [-0.3, -0.25) is 10.1 Å². The van der Waals surface area contributed by atoms with Gasteiger partial charge in [0, 0.05) is 17.9 Å². The zero-order valence-electron chi connectivity index (χ0n) is 12.6. The maximum absolute atomic E-state index is 12.7. The molecular formula is C14H11N5O4S2. The summed E-state index contributed by atoms with van der Waals surface area (Å²) in [4.78, 5) is 22.7. The fourth-order valence-electron chi connectivity index (χ4n) is 2.74. The average molecular weight is 377 g/mol. The predicted octanol–water partition coefficient (Wildman–Crippen LogP) is 1.86. The Morgan fingerprint density at radius 2 is 2.00 bits per heavy atom. The zero-order chi connectivity index (χ0) is 17.6. The van der Waals surface area contributed by atoms with Gasteiger partial charge in [-0.25, -0.2) is 23.4 Å². The molecule has 0 saturated carbocycles. The summed E-state index contributed by atoms with van der Waals surface area (Å²) >= 11 is 1.47. The molecule has 1 aliphatic rings. The Morgan fingerprint density at radius 1 is 1.24 bits per heavy atom. The van der Waals surface area contributed by atoms with Gasteiger partial charge in [-0.05, 0) is 12.1 Å². The number of nitro benzene ring substituents is 1. The zero-order valence-corrected chi connectivity index (χ0v) is 14.3. The van der Waals surface area contributed by atoms with Gasteiger partial charge in [-0.2, -0.15) is 0 Å². The Hall–Kier alpha value is -2.53. The van der Waals surface area contributed by atoms with Gasteiger partial charge in [0.1, 0.15) is 16.9 Å². The number of benzene rings is 1. The van der Waals surface area contributed by atoms with E-state index in [0.717, 1.165) is 10.5 Å². The highest BCUT2D eigenvalue weighted by atomic mass is 32.2. The largest absolute Gasteiger partial charge is 0.322 e. The number of aromatic nitrogens is 4. The van der Waals surface area contributed by atoms with Crippen molar-refractivity contribution in [3.05, 3.63) is 47.0 Å². The maximum atomic E-state index is 12.7. The second-order valence-corrected chi connectivity index (χ2v) is 8.54. The molecule has 9 nitrogen and oxygen atoms in total. The van der Waals surface area contributed by atoms with Crippen molar-refractivity contribution < 1.29 is 13.3 Å². The minimum Gasteiger partial charge on any atom is -0.322 e. The first kappa shape index (κ1) is 16.0. The Bertz CT molecular complexity index is 1080. The number of nitro groups is 1. The third kappa shape index (κ3) is 2.74. The molecule has 0 amide bonds. The van der Waals surface area contributed by atoms with Gasteiger partial charge in [0.05, 0.1) is 27.9 Å². The summed E-state index contributed by atoms with van der Waals surface area (Å²) in [5.74, 6) is 0.416. The fraction of sp³-hybridized carbons (Fsp3) is 0.214. The molecule has 128 valence electrons. The Labute approximate surface area is 146 Å². The van der Waals surface area contributed by atoms with E-state index in [2.05, 4.69) is 15.0 Å². The minimum absolute atomic E-state index is 0.0644. The molecule has 0 spiro atoms. The van der Waals surface area contributed by atoms with Crippen LogP contribution in [0.3, 0.4) is 0 Å². The molecule has 0 radical (unpaired) electrons. The Balaban J connectivity index is 1.66. The van der Waals surface area contributed by atoms with Crippen LogP contribution in [0.25, 0.3) is 11.2 Å². The van der Waals surface area contributed by atoms with Gasteiger partial charge in [0.25, 0.3) is 5.69 Å². The van der Waals surface area contributed by atoms with Gasteiger partial charge >= 0.3 is 0 Å². The van der Waals surface area contributed by atoms with E-state index in [-0.39, 0.29) is 22.4 Å². The van der Waals surface area contributed by atoms with Gasteiger partial charge in [0.15, 0.2) is 15.5 Å². The molecule has 4 rings (SSSR count). The number of imidazole rings is 1. The lowest BCUT2D eigenvalue weighted by Gasteiger charge is -2.23. The van der Waals surface area contributed by atoms with Crippen LogP contribution in [-0.2, 0) is 9.84 Å². The number of nitrogens with zero attached hydrogens (tertiary/aromatic N) is 5. The normalized spacial score (nSPS) is 16.9. The average Bonchev–Trinajstić information content (AvgIpc) is 3.03. The summed E-state index contributed by atoms with van der Waals surface area (Å²) in [7, 11) is -3.60. The SMILES string of the molecule is O=[N+]([O-])c1ccc(S(=O)(=O)C[C@H]2CSc3ncnc4ncn2c34)cc1. The summed E-state index contributed by atoms with van der Waals surface area (Å²) in [5, 5.41) is 11.5. The second kappa shape index (κ2) is 5.77. The van der Waals surface area contributed by atoms with Crippen molar-refractivity contribution in [2.45, 2.75) is 16.0 Å². The Kier molecular flexibility index (Phi) is 3.69. The third-order valence-corrected chi connectivity index (χ3v) is 6.89. The molecule has 25 heavy (non-hydrogen) atoms. The maximum Gasteiger partial charge on any atom is 0.269 e. The smallest absolute Gasteiger partial charge is 0.269 e. The first-order chi connectivity index (χ1) is 12.0. The first-order valence-corrected chi connectivity index (χ1v) is 9.87. The molecule has 3 aromatic rings. The van der Waals surface area contributed by atoms with Crippen LogP contribution < -0.4 is 0 Å². The van der Waals surface area contributed by atoms with Crippen LogP contribution in [0.1, 0.15) is 6.04 Å². The van der Waals surface area contributed by atoms with E-state index in [0.29, 0.717) is 11.4 Å². The molecule has 3 heterocycles. The number of non-ortho nitro benzene ring substituents is 1. The van der Waals surface area contributed by atoms with E-state index < -0.39 is 14.8 Å². The molecule has 1 aromatic carbocycles. The van der Waals surface area contributed by atoms with Crippen molar-refractivity contribution in [1.82, 2.24) is 19.5 Å². The van der Waals surface area contributed by atoms with Crippen molar-refractivity contribution in [1.29, 1.82) is 0 Å². The number of hydrogen-bond donors (Lipinski definition) is 0. The van der Waals surface area contributed by atoms with Crippen molar-refractivity contribution in [2.75, 3.05) is 11.5 Å². The molecular weight excluding hydrogens is 366 g/mol. The molecule has 0 saturated heterocycles. The van der Waals surface area contributed by atoms with E-state index in [1.165, 1.54) is 42.4 Å². The molecule has 0 N–H and O–H groups in total. The molecule has 1 atom stereocenters. The predicted molar refractivity (Wildman–Crippen MR) is 90.2 cm³/mol. The monoisotopic (exact) mass is 377 g/mol. The van der Waals surface area contributed by atoms with Crippen LogP contribution in [0.2, 0.25) is 0 Å². The summed E-state index contributed by atoms with van der Waals surface area (Å²) < 4.78 is 27.2.